The summed E-state index contributed by atoms with van der Waals surface area (Å²) in [7, 11) is 0. The topological polar surface area (TPSA) is 46.3 Å². The summed E-state index contributed by atoms with van der Waals surface area (Å²) in [6.07, 6.45) is 9.06. The van der Waals surface area contributed by atoms with Gasteiger partial charge >= 0.3 is 0 Å². The molecule has 3 nitrogen and oxygen atoms in total. The molecule has 2 fully saturated rings. The van der Waals surface area contributed by atoms with Gasteiger partial charge < -0.3 is 10.6 Å². The summed E-state index contributed by atoms with van der Waals surface area (Å²) in [5.74, 6) is 1.16. The normalized spacial score (nSPS) is 36.9. The van der Waals surface area contributed by atoms with Crippen LogP contribution in [-0.4, -0.2) is 29.4 Å². The molecule has 1 saturated heterocycles. The number of rotatable bonds is 2. The van der Waals surface area contributed by atoms with Gasteiger partial charge in [-0.15, -0.1) is 0 Å². The molecule has 3 heteroatoms. The third-order valence-electron chi connectivity index (χ3n) is 5.22. The van der Waals surface area contributed by atoms with E-state index in [9.17, 15) is 4.79 Å². The molecule has 4 atom stereocenters. The van der Waals surface area contributed by atoms with Gasteiger partial charge in [-0.2, -0.15) is 0 Å². The first-order valence-corrected chi connectivity index (χ1v) is 8.19. The Labute approximate surface area is 117 Å². The summed E-state index contributed by atoms with van der Waals surface area (Å²) in [6, 6.07) is 0.788. The van der Waals surface area contributed by atoms with E-state index in [0.29, 0.717) is 23.9 Å². The van der Waals surface area contributed by atoms with Crippen molar-refractivity contribution < 1.29 is 4.79 Å². The molecule has 4 unspecified atom stereocenters. The van der Waals surface area contributed by atoms with Crippen molar-refractivity contribution in [2.75, 3.05) is 6.54 Å². The summed E-state index contributed by atoms with van der Waals surface area (Å²) in [4.78, 5) is 15.0. The van der Waals surface area contributed by atoms with Crippen LogP contribution in [0.5, 0.6) is 0 Å². The van der Waals surface area contributed by atoms with Gasteiger partial charge in [0.05, 0.1) is 0 Å². The van der Waals surface area contributed by atoms with E-state index >= 15 is 0 Å². The molecule has 2 aliphatic rings. The van der Waals surface area contributed by atoms with E-state index in [1.165, 1.54) is 25.7 Å². The standard InChI is InChI=1S/C16H30N2O/c1-3-14-7-5-4-6-10-18(14)16(19)13-8-9-15(17)12(2)11-13/h12-15H,3-11,17H2,1-2H3. The Kier molecular flexibility index (Phi) is 5.26. The first-order chi connectivity index (χ1) is 9.13. The molecule has 2 N–H and O–H groups in total. The van der Waals surface area contributed by atoms with E-state index in [0.717, 1.165) is 32.2 Å². The van der Waals surface area contributed by atoms with E-state index in [4.69, 9.17) is 5.73 Å². The Balaban J connectivity index is 2.00. The number of carbonyl (C=O) groups is 1. The predicted octanol–water partition coefficient (Wildman–Crippen LogP) is 2.93. The quantitative estimate of drug-likeness (QED) is 0.835. The second-order valence-electron chi connectivity index (χ2n) is 6.59. The molecule has 110 valence electrons. The van der Waals surface area contributed by atoms with Crippen LogP contribution < -0.4 is 5.73 Å². The summed E-state index contributed by atoms with van der Waals surface area (Å²) in [5, 5.41) is 0. The molecule has 1 aliphatic heterocycles. The van der Waals surface area contributed by atoms with Crippen molar-refractivity contribution in [3.63, 3.8) is 0 Å². The number of carbonyl (C=O) groups excluding carboxylic acids is 1. The van der Waals surface area contributed by atoms with E-state index in [2.05, 4.69) is 18.7 Å². The molecular formula is C16H30N2O. The highest BCUT2D eigenvalue weighted by Crippen LogP contribution is 2.31. The van der Waals surface area contributed by atoms with E-state index in [-0.39, 0.29) is 5.92 Å². The maximum absolute atomic E-state index is 12.8. The number of hydrogen-bond acceptors (Lipinski definition) is 2. The van der Waals surface area contributed by atoms with E-state index < -0.39 is 0 Å². The Morgan fingerprint density at radius 3 is 2.68 bits per heavy atom. The molecule has 0 aromatic carbocycles. The molecule has 0 aromatic heterocycles. The summed E-state index contributed by atoms with van der Waals surface area (Å²) < 4.78 is 0. The lowest BCUT2D eigenvalue weighted by Gasteiger charge is -2.37. The summed E-state index contributed by atoms with van der Waals surface area (Å²) >= 11 is 0. The van der Waals surface area contributed by atoms with Crippen molar-refractivity contribution in [3.05, 3.63) is 0 Å². The molecule has 0 spiro atoms. The number of nitrogens with two attached hydrogens (primary N) is 1. The number of amides is 1. The minimum atomic E-state index is 0.238. The van der Waals surface area contributed by atoms with Crippen LogP contribution in [0.25, 0.3) is 0 Å². The van der Waals surface area contributed by atoms with E-state index in [1.54, 1.807) is 0 Å². The number of hydrogen-bond donors (Lipinski definition) is 1. The maximum Gasteiger partial charge on any atom is 0.225 e. The lowest BCUT2D eigenvalue weighted by Crippen LogP contribution is -2.46. The minimum absolute atomic E-state index is 0.238. The zero-order valence-corrected chi connectivity index (χ0v) is 12.6. The molecule has 0 radical (unpaired) electrons. The molecule has 0 aromatic rings. The SMILES string of the molecule is CCC1CCCCCN1C(=O)C1CCC(N)C(C)C1. The summed E-state index contributed by atoms with van der Waals surface area (Å²) in [5.41, 5.74) is 6.07. The van der Waals surface area contributed by atoms with Gasteiger partial charge in [-0.3, -0.25) is 4.79 Å². The molecule has 0 bridgehead atoms. The van der Waals surface area contributed by atoms with Crippen LogP contribution in [0, 0.1) is 11.8 Å². The monoisotopic (exact) mass is 266 g/mol. The minimum Gasteiger partial charge on any atom is -0.339 e. The Bertz CT molecular complexity index is 305. The highest BCUT2D eigenvalue weighted by molar-refractivity contribution is 5.79. The van der Waals surface area contributed by atoms with Gasteiger partial charge in [0.1, 0.15) is 0 Å². The van der Waals surface area contributed by atoms with Gasteiger partial charge in [-0.1, -0.05) is 26.7 Å². The zero-order valence-electron chi connectivity index (χ0n) is 12.6. The fraction of sp³-hybridized carbons (Fsp3) is 0.938. The van der Waals surface area contributed by atoms with Crippen LogP contribution in [-0.2, 0) is 4.79 Å². The van der Waals surface area contributed by atoms with Gasteiger partial charge in [0.2, 0.25) is 5.91 Å². The van der Waals surface area contributed by atoms with Crippen molar-refractivity contribution in [2.24, 2.45) is 17.6 Å². The van der Waals surface area contributed by atoms with Crippen molar-refractivity contribution in [1.82, 2.24) is 4.90 Å². The van der Waals surface area contributed by atoms with Gasteiger partial charge in [-0.05, 0) is 44.4 Å². The lowest BCUT2D eigenvalue weighted by molar-refractivity contribution is -0.139. The van der Waals surface area contributed by atoms with Crippen molar-refractivity contribution in [1.29, 1.82) is 0 Å². The van der Waals surface area contributed by atoms with Gasteiger partial charge in [0.15, 0.2) is 0 Å². The first-order valence-electron chi connectivity index (χ1n) is 8.19. The predicted molar refractivity (Wildman–Crippen MR) is 78.7 cm³/mol. The average Bonchev–Trinajstić information content (AvgIpc) is 2.66. The van der Waals surface area contributed by atoms with Crippen molar-refractivity contribution >= 4 is 5.91 Å². The van der Waals surface area contributed by atoms with Gasteiger partial charge in [-0.25, -0.2) is 0 Å². The number of nitrogens with zero attached hydrogens (tertiary/aromatic N) is 1. The first kappa shape index (κ1) is 14.8. The number of likely N-dealkylation sites (tertiary alicyclic amines) is 1. The van der Waals surface area contributed by atoms with Crippen LogP contribution in [0.1, 0.15) is 65.2 Å². The molecule has 19 heavy (non-hydrogen) atoms. The zero-order chi connectivity index (χ0) is 13.8. The molecule has 1 aliphatic carbocycles. The highest BCUT2D eigenvalue weighted by atomic mass is 16.2. The molecule has 1 saturated carbocycles. The fourth-order valence-electron chi connectivity index (χ4n) is 3.77. The third kappa shape index (κ3) is 3.50. The molecule has 1 heterocycles. The van der Waals surface area contributed by atoms with Crippen LogP contribution in [0.3, 0.4) is 0 Å². The smallest absolute Gasteiger partial charge is 0.225 e. The van der Waals surface area contributed by atoms with E-state index in [1.807, 2.05) is 0 Å². The second-order valence-corrected chi connectivity index (χ2v) is 6.59. The lowest BCUT2D eigenvalue weighted by atomic mass is 9.78. The highest BCUT2D eigenvalue weighted by Gasteiger charge is 2.34. The Morgan fingerprint density at radius 2 is 2.00 bits per heavy atom. The maximum atomic E-state index is 12.8. The van der Waals surface area contributed by atoms with Gasteiger partial charge in [0, 0.05) is 24.5 Å². The summed E-state index contributed by atoms with van der Waals surface area (Å²) in [6.45, 7) is 5.40. The average molecular weight is 266 g/mol. The van der Waals surface area contributed by atoms with Crippen LogP contribution in [0.15, 0.2) is 0 Å². The Hall–Kier alpha value is -0.570. The fourth-order valence-corrected chi connectivity index (χ4v) is 3.77. The van der Waals surface area contributed by atoms with Crippen LogP contribution >= 0.6 is 0 Å². The molecular weight excluding hydrogens is 236 g/mol. The van der Waals surface area contributed by atoms with Crippen LogP contribution in [0.4, 0.5) is 0 Å². The molecule has 2 rings (SSSR count). The van der Waals surface area contributed by atoms with Crippen LogP contribution in [0.2, 0.25) is 0 Å². The molecule has 1 amide bonds. The Morgan fingerprint density at radius 1 is 1.21 bits per heavy atom. The van der Waals surface area contributed by atoms with Gasteiger partial charge in [0.25, 0.3) is 0 Å². The van der Waals surface area contributed by atoms with Crippen molar-refractivity contribution in [3.8, 4) is 0 Å². The third-order valence-corrected chi connectivity index (χ3v) is 5.22. The second kappa shape index (κ2) is 6.74. The van der Waals surface area contributed by atoms with Crippen molar-refractivity contribution in [2.45, 2.75) is 77.3 Å². The largest absolute Gasteiger partial charge is 0.339 e.